The van der Waals surface area contributed by atoms with Gasteiger partial charge in [0.15, 0.2) is 11.5 Å². The van der Waals surface area contributed by atoms with E-state index in [4.69, 9.17) is 0 Å². The molecular weight excluding hydrogens is 354 g/mol. The van der Waals surface area contributed by atoms with Gasteiger partial charge in [0.05, 0.1) is 0 Å². The van der Waals surface area contributed by atoms with Gasteiger partial charge in [0.1, 0.15) is 0 Å². The van der Waals surface area contributed by atoms with Crippen molar-refractivity contribution in [1.29, 1.82) is 0 Å². The minimum Gasteiger partial charge on any atom is -0.355 e. The van der Waals surface area contributed by atoms with E-state index < -0.39 is 0 Å². The van der Waals surface area contributed by atoms with Crippen molar-refractivity contribution in [2.45, 2.75) is 53.4 Å². The number of hydrogen-bond acceptors (Lipinski definition) is 6. The predicted molar refractivity (Wildman–Crippen MR) is 109 cm³/mol. The van der Waals surface area contributed by atoms with Crippen molar-refractivity contribution in [3.63, 3.8) is 0 Å². The summed E-state index contributed by atoms with van der Waals surface area (Å²) in [4.78, 5) is 17.5. The monoisotopic (exact) mass is 387 g/mol. The zero-order valence-electron chi connectivity index (χ0n) is 17.6. The van der Waals surface area contributed by atoms with E-state index >= 15 is 0 Å². The van der Waals surface area contributed by atoms with E-state index in [9.17, 15) is 4.79 Å². The van der Waals surface area contributed by atoms with E-state index in [2.05, 4.69) is 58.1 Å². The molecule has 0 saturated carbocycles. The first-order valence-electron chi connectivity index (χ1n) is 10.5. The summed E-state index contributed by atoms with van der Waals surface area (Å²) in [5, 5.41) is 15.9. The Labute approximate surface area is 167 Å². The molecule has 154 valence electrons. The van der Waals surface area contributed by atoms with Crippen molar-refractivity contribution in [3.8, 4) is 0 Å². The molecule has 0 N–H and O–H groups in total. The number of hydrogen-bond donors (Lipinski definition) is 0. The lowest BCUT2D eigenvalue weighted by Gasteiger charge is -2.35. The molecule has 1 amide bonds. The second kappa shape index (κ2) is 9.30. The molecule has 3 rings (SSSR count). The number of carbonyl (C=O) groups is 1. The van der Waals surface area contributed by atoms with E-state index in [0.717, 1.165) is 57.7 Å². The quantitative estimate of drug-likeness (QED) is 0.693. The fourth-order valence-electron chi connectivity index (χ4n) is 3.58. The highest BCUT2D eigenvalue weighted by atomic mass is 16.2. The molecule has 0 aliphatic carbocycles. The van der Waals surface area contributed by atoms with Gasteiger partial charge in [-0.15, -0.1) is 14.8 Å². The number of nitrogens with zero attached hydrogens (tertiary/aromatic N) is 7. The van der Waals surface area contributed by atoms with Gasteiger partial charge in [0, 0.05) is 32.1 Å². The van der Waals surface area contributed by atoms with Gasteiger partial charge in [-0.05, 0) is 60.1 Å². The standard InChI is InChI=1S/C20H33N7O/c1-15(2)7-11-26(12-8-16(3)4)20(28)17-9-13-25(14-10-17)19-6-5-18-21-23-24-27(18)22-19/h5-6,15-17H,7-14H2,1-4H3. The van der Waals surface area contributed by atoms with Gasteiger partial charge < -0.3 is 9.80 Å². The molecule has 2 aromatic rings. The third-order valence-electron chi connectivity index (χ3n) is 5.49. The van der Waals surface area contributed by atoms with Crippen molar-refractivity contribution in [2.75, 3.05) is 31.1 Å². The zero-order valence-corrected chi connectivity index (χ0v) is 17.6. The Hall–Kier alpha value is -2.25. The molecule has 0 spiro atoms. The van der Waals surface area contributed by atoms with E-state index in [1.807, 2.05) is 12.1 Å². The summed E-state index contributed by atoms with van der Waals surface area (Å²) < 4.78 is 1.45. The summed E-state index contributed by atoms with van der Waals surface area (Å²) in [6.45, 7) is 12.3. The van der Waals surface area contributed by atoms with Crippen LogP contribution in [0.15, 0.2) is 12.1 Å². The first-order chi connectivity index (χ1) is 13.4. The summed E-state index contributed by atoms with van der Waals surface area (Å²) in [6, 6.07) is 3.82. The molecule has 1 aliphatic rings. The van der Waals surface area contributed by atoms with Crippen molar-refractivity contribution in [3.05, 3.63) is 12.1 Å². The van der Waals surface area contributed by atoms with Gasteiger partial charge in [0.2, 0.25) is 5.91 Å². The minimum atomic E-state index is 0.118. The smallest absolute Gasteiger partial charge is 0.225 e. The maximum Gasteiger partial charge on any atom is 0.225 e. The second-order valence-corrected chi connectivity index (χ2v) is 8.67. The first kappa shape index (κ1) is 20.5. The van der Waals surface area contributed by atoms with Gasteiger partial charge in [-0.2, -0.15) is 0 Å². The maximum absolute atomic E-state index is 13.2. The highest BCUT2D eigenvalue weighted by molar-refractivity contribution is 5.79. The fraction of sp³-hybridized carbons (Fsp3) is 0.750. The van der Waals surface area contributed by atoms with Crippen LogP contribution < -0.4 is 4.90 Å². The molecule has 0 atom stereocenters. The van der Waals surface area contributed by atoms with E-state index in [1.165, 1.54) is 4.63 Å². The topological polar surface area (TPSA) is 79.5 Å². The predicted octanol–water partition coefficient (Wildman–Crippen LogP) is 2.66. The Kier molecular flexibility index (Phi) is 6.80. The number of carbonyl (C=O) groups excluding carboxylic acids is 1. The number of amides is 1. The average molecular weight is 388 g/mol. The number of fused-ring (bicyclic) bond motifs is 1. The molecule has 1 saturated heterocycles. The summed E-state index contributed by atoms with van der Waals surface area (Å²) in [7, 11) is 0. The summed E-state index contributed by atoms with van der Waals surface area (Å²) >= 11 is 0. The van der Waals surface area contributed by atoms with Crippen LogP contribution in [-0.4, -0.2) is 62.2 Å². The van der Waals surface area contributed by atoms with Crippen molar-refractivity contribution in [2.24, 2.45) is 17.8 Å². The van der Waals surface area contributed by atoms with Gasteiger partial charge in [0.25, 0.3) is 0 Å². The van der Waals surface area contributed by atoms with Crippen LogP contribution in [0.5, 0.6) is 0 Å². The molecule has 0 radical (unpaired) electrons. The van der Waals surface area contributed by atoms with Gasteiger partial charge >= 0.3 is 0 Å². The molecule has 1 aliphatic heterocycles. The van der Waals surface area contributed by atoms with Crippen LogP contribution in [0.2, 0.25) is 0 Å². The highest BCUT2D eigenvalue weighted by Crippen LogP contribution is 2.24. The van der Waals surface area contributed by atoms with Crippen molar-refractivity contribution in [1.82, 2.24) is 30.2 Å². The molecule has 1 fully saturated rings. The van der Waals surface area contributed by atoms with Crippen LogP contribution in [0.4, 0.5) is 5.82 Å². The van der Waals surface area contributed by atoms with Crippen molar-refractivity contribution >= 4 is 17.4 Å². The molecular formula is C20H33N7O. The number of rotatable bonds is 8. The average Bonchev–Trinajstić information content (AvgIpc) is 3.15. The summed E-state index contributed by atoms with van der Waals surface area (Å²) in [5.74, 6) is 2.55. The van der Waals surface area contributed by atoms with Crippen LogP contribution >= 0.6 is 0 Å². The Morgan fingerprint density at radius 3 is 2.36 bits per heavy atom. The van der Waals surface area contributed by atoms with Gasteiger partial charge in [-0.3, -0.25) is 4.79 Å². The number of piperidine rings is 1. The Morgan fingerprint density at radius 2 is 1.75 bits per heavy atom. The van der Waals surface area contributed by atoms with Crippen LogP contribution in [0.3, 0.4) is 0 Å². The Bertz CT molecular complexity index is 753. The third-order valence-corrected chi connectivity index (χ3v) is 5.49. The highest BCUT2D eigenvalue weighted by Gasteiger charge is 2.29. The molecule has 0 bridgehead atoms. The fourth-order valence-corrected chi connectivity index (χ4v) is 3.58. The normalized spacial score (nSPS) is 15.7. The lowest BCUT2D eigenvalue weighted by atomic mass is 9.94. The maximum atomic E-state index is 13.2. The first-order valence-corrected chi connectivity index (χ1v) is 10.5. The number of anilines is 1. The molecule has 0 unspecified atom stereocenters. The molecule has 3 heterocycles. The van der Waals surface area contributed by atoms with Gasteiger partial charge in [-0.1, -0.05) is 27.7 Å². The second-order valence-electron chi connectivity index (χ2n) is 8.67. The van der Waals surface area contributed by atoms with E-state index in [0.29, 0.717) is 23.4 Å². The lowest BCUT2D eigenvalue weighted by Crippen LogP contribution is -2.44. The zero-order chi connectivity index (χ0) is 20.1. The molecule has 8 heteroatoms. The van der Waals surface area contributed by atoms with Crippen LogP contribution in [0.1, 0.15) is 53.4 Å². The number of aromatic nitrogens is 5. The molecule has 2 aromatic heterocycles. The summed E-state index contributed by atoms with van der Waals surface area (Å²) in [5.41, 5.74) is 0.639. The lowest BCUT2D eigenvalue weighted by molar-refractivity contribution is -0.136. The molecule has 28 heavy (non-hydrogen) atoms. The Morgan fingerprint density at radius 1 is 1.11 bits per heavy atom. The van der Waals surface area contributed by atoms with Crippen molar-refractivity contribution < 1.29 is 4.79 Å². The van der Waals surface area contributed by atoms with Crippen LogP contribution in [0.25, 0.3) is 5.65 Å². The van der Waals surface area contributed by atoms with E-state index in [-0.39, 0.29) is 5.92 Å². The molecule has 0 aromatic carbocycles. The van der Waals surface area contributed by atoms with E-state index in [1.54, 1.807) is 0 Å². The SMILES string of the molecule is CC(C)CCN(CCC(C)C)C(=O)C1CCN(c2ccc3nnnn3n2)CC1. The largest absolute Gasteiger partial charge is 0.355 e. The van der Waals surface area contributed by atoms with Crippen LogP contribution in [0, 0.1) is 17.8 Å². The van der Waals surface area contributed by atoms with Gasteiger partial charge in [-0.25, -0.2) is 0 Å². The number of tetrazole rings is 1. The minimum absolute atomic E-state index is 0.118. The Balaban J connectivity index is 1.58. The summed E-state index contributed by atoms with van der Waals surface area (Å²) in [6.07, 6.45) is 3.87. The third kappa shape index (κ3) is 5.17. The molecule has 8 nitrogen and oxygen atoms in total. The van der Waals surface area contributed by atoms with Crippen LogP contribution in [-0.2, 0) is 4.79 Å².